The van der Waals surface area contributed by atoms with E-state index in [9.17, 15) is 0 Å². The number of para-hydroxylation sites is 1. The third-order valence-electron chi connectivity index (χ3n) is 3.84. The molecule has 0 aliphatic carbocycles. The van der Waals surface area contributed by atoms with Gasteiger partial charge in [0, 0.05) is 25.8 Å². The number of benzene rings is 1. The van der Waals surface area contributed by atoms with Crippen LogP contribution in [0.15, 0.2) is 35.3 Å². The Bertz CT molecular complexity index is 734. The number of halogens is 3. The minimum atomic E-state index is 0. The summed E-state index contributed by atoms with van der Waals surface area (Å²) in [7, 11) is 3.56. The molecule has 2 N–H and O–H groups in total. The molecule has 8 heteroatoms. The second-order valence-corrected chi connectivity index (χ2v) is 6.28. The molecule has 0 atom stereocenters. The van der Waals surface area contributed by atoms with E-state index in [2.05, 4.69) is 21.7 Å². The van der Waals surface area contributed by atoms with Gasteiger partial charge in [-0.1, -0.05) is 41.4 Å². The van der Waals surface area contributed by atoms with Gasteiger partial charge in [0.1, 0.15) is 10.9 Å². The fourth-order valence-electron chi connectivity index (χ4n) is 2.47. The van der Waals surface area contributed by atoms with Crippen molar-refractivity contribution in [3.05, 3.63) is 51.8 Å². The summed E-state index contributed by atoms with van der Waals surface area (Å²) in [6.45, 7) is 4.07. The van der Waals surface area contributed by atoms with Crippen LogP contribution in [0.1, 0.15) is 18.2 Å². The number of guanidine groups is 1. The Morgan fingerprint density at radius 3 is 2.58 bits per heavy atom. The highest BCUT2D eigenvalue weighted by Gasteiger charge is 2.09. The van der Waals surface area contributed by atoms with Crippen LogP contribution in [0.3, 0.4) is 0 Å². The molecular formula is C18H25Cl2IN4O. The van der Waals surface area contributed by atoms with Gasteiger partial charge in [0.15, 0.2) is 5.96 Å². The monoisotopic (exact) mass is 510 g/mol. The lowest BCUT2D eigenvalue weighted by Crippen LogP contribution is -2.38. The van der Waals surface area contributed by atoms with Crippen LogP contribution in [-0.4, -0.2) is 30.7 Å². The van der Waals surface area contributed by atoms with Crippen molar-refractivity contribution in [1.82, 2.24) is 15.2 Å². The first-order valence-corrected chi connectivity index (χ1v) is 8.96. The van der Waals surface area contributed by atoms with Crippen LogP contribution >= 0.6 is 47.2 Å². The number of nitrogens with zero attached hydrogens (tertiary/aromatic N) is 2. The molecule has 0 saturated carbocycles. The van der Waals surface area contributed by atoms with Crippen LogP contribution < -0.4 is 15.4 Å². The van der Waals surface area contributed by atoms with E-state index in [1.165, 1.54) is 0 Å². The summed E-state index contributed by atoms with van der Waals surface area (Å²) >= 11 is 12.1. The van der Waals surface area contributed by atoms with E-state index in [-0.39, 0.29) is 24.0 Å². The average Bonchev–Trinajstić information content (AvgIpc) is 2.87. The standard InChI is InChI=1S/C18H24Cl2N4O.HI/c1-4-21-18(23-12-14-11-15(19)17(20)24(14)2)22-10-9-13-7-5-6-8-16(13)25-3;/h5-8,11H,4,9-10,12H2,1-3H3,(H2,21,22,23);1H. The van der Waals surface area contributed by atoms with Crippen LogP contribution in [0, 0.1) is 0 Å². The molecule has 0 aliphatic heterocycles. The Morgan fingerprint density at radius 2 is 1.96 bits per heavy atom. The van der Waals surface area contributed by atoms with Crippen LogP contribution in [0.5, 0.6) is 5.75 Å². The minimum absolute atomic E-state index is 0. The van der Waals surface area contributed by atoms with Gasteiger partial charge in [-0.05, 0) is 31.0 Å². The first kappa shape index (κ1) is 22.9. The highest BCUT2D eigenvalue weighted by atomic mass is 127. The van der Waals surface area contributed by atoms with E-state index in [1.54, 1.807) is 7.11 Å². The van der Waals surface area contributed by atoms with Crippen molar-refractivity contribution in [2.75, 3.05) is 20.2 Å². The molecule has 0 spiro atoms. The van der Waals surface area contributed by atoms with Gasteiger partial charge in [-0.15, -0.1) is 24.0 Å². The van der Waals surface area contributed by atoms with Crippen LogP contribution in [0.4, 0.5) is 0 Å². The average molecular weight is 511 g/mol. The molecule has 144 valence electrons. The lowest BCUT2D eigenvalue weighted by molar-refractivity contribution is 0.409. The van der Waals surface area contributed by atoms with Gasteiger partial charge < -0.3 is 19.9 Å². The molecule has 26 heavy (non-hydrogen) atoms. The number of aromatic nitrogens is 1. The summed E-state index contributed by atoms with van der Waals surface area (Å²) in [4.78, 5) is 4.60. The Kier molecular flexibility index (Phi) is 10.2. The maximum Gasteiger partial charge on any atom is 0.191 e. The molecular weight excluding hydrogens is 486 g/mol. The SMILES string of the molecule is CCNC(=NCc1cc(Cl)c(Cl)n1C)NCCc1ccccc1OC.I. The highest BCUT2D eigenvalue weighted by Crippen LogP contribution is 2.25. The van der Waals surface area contributed by atoms with Gasteiger partial charge >= 0.3 is 0 Å². The van der Waals surface area contributed by atoms with Crippen molar-refractivity contribution in [3.63, 3.8) is 0 Å². The highest BCUT2D eigenvalue weighted by molar-refractivity contribution is 14.0. The Hall–Kier alpha value is -1.12. The van der Waals surface area contributed by atoms with Crippen molar-refractivity contribution < 1.29 is 4.74 Å². The van der Waals surface area contributed by atoms with Crippen molar-refractivity contribution >= 4 is 53.1 Å². The molecule has 0 aliphatic rings. The van der Waals surface area contributed by atoms with E-state index in [0.29, 0.717) is 16.7 Å². The predicted octanol–water partition coefficient (Wildman–Crippen LogP) is 4.26. The maximum atomic E-state index is 6.09. The summed E-state index contributed by atoms with van der Waals surface area (Å²) in [6, 6.07) is 9.86. The molecule has 1 aromatic carbocycles. The lowest BCUT2D eigenvalue weighted by Gasteiger charge is -2.13. The number of methoxy groups -OCH3 is 1. The topological polar surface area (TPSA) is 50.6 Å². The number of ether oxygens (including phenoxy) is 1. The molecule has 0 fully saturated rings. The number of nitrogens with one attached hydrogen (secondary N) is 2. The van der Waals surface area contributed by atoms with Gasteiger partial charge in [-0.2, -0.15) is 0 Å². The zero-order chi connectivity index (χ0) is 18.2. The smallest absolute Gasteiger partial charge is 0.191 e. The summed E-state index contributed by atoms with van der Waals surface area (Å²) in [5, 5.41) is 7.65. The van der Waals surface area contributed by atoms with Crippen LogP contribution in [-0.2, 0) is 20.0 Å². The van der Waals surface area contributed by atoms with Gasteiger partial charge in [-0.25, -0.2) is 4.99 Å². The Balaban J connectivity index is 0.00000338. The fourth-order valence-corrected chi connectivity index (χ4v) is 2.88. The lowest BCUT2D eigenvalue weighted by atomic mass is 10.1. The first-order valence-electron chi connectivity index (χ1n) is 8.20. The Labute approximate surface area is 182 Å². The second kappa shape index (κ2) is 11.6. The van der Waals surface area contributed by atoms with Crippen LogP contribution in [0.25, 0.3) is 0 Å². The summed E-state index contributed by atoms with van der Waals surface area (Å²) < 4.78 is 7.22. The quantitative estimate of drug-likeness (QED) is 0.332. The molecule has 0 bridgehead atoms. The Morgan fingerprint density at radius 1 is 1.23 bits per heavy atom. The normalized spacial score (nSPS) is 11.0. The van der Waals surface area contributed by atoms with E-state index >= 15 is 0 Å². The van der Waals surface area contributed by atoms with Gasteiger partial charge in [-0.3, -0.25) is 0 Å². The first-order chi connectivity index (χ1) is 12.1. The van der Waals surface area contributed by atoms with Crippen molar-refractivity contribution in [2.24, 2.45) is 12.0 Å². The molecule has 0 amide bonds. The van der Waals surface area contributed by atoms with E-state index in [0.717, 1.165) is 42.5 Å². The third-order valence-corrected chi connectivity index (χ3v) is 4.68. The van der Waals surface area contributed by atoms with E-state index < -0.39 is 0 Å². The third kappa shape index (κ3) is 6.25. The molecule has 5 nitrogen and oxygen atoms in total. The number of hydrogen-bond acceptors (Lipinski definition) is 2. The second-order valence-electron chi connectivity index (χ2n) is 5.52. The summed E-state index contributed by atoms with van der Waals surface area (Å²) in [5.74, 6) is 1.66. The van der Waals surface area contributed by atoms with Crippen molar-refractivity contribution in [1.29, 1.82) is 0 Å². The van der Waals surface area contributed by atoms with Gasteiger partial charge in [0.2, 0.25) is 0 Å². The zero-order valence-electron chi connectivity index (χ0n) is 15.2. The fraction of sp³-hybridized carbons (Fsp3) is 0.389. The van der Waals surface area contributed by atoms with Crippen LogP contribution in [0.2, 0.25) is 10.2 Å². The molecule has 2 aromatic rings. The molecule has 1 aromatic heterocycles. The molecule has 1 heterocycles. The van der Waals surface area contributed by atoms with Crippen molar-refractivity contribution in [3.8, 4) is 5.75 Å². The van der Waals surface area contributed by atoms with Gasteiger partial charge in [0.25, 0.3) is 0 Å². The molecule has 0 unspecified atom stereocenters. The van der Waals surface area contributed by atoms with Gasteiger partial charge in [0.05, 0.1) is 18.7 Å². The number of hydrogen-bond donors (Lipinski definition) is 2. The summed E-state index contributed by atoms with van der Waals surface area (Å²) in [5.41, 5.74) is 2.12. The van der Waals surface area contributed by atoms with Crippen molar-refractivity contribution in [2.45, 2.75) is 19.9 Å². The largest absolute Gasteiger partial charge is 0.496 e. The maximum absolute atomic E-state index is 6.09. The predicted molar refractivity (Wildman–Crippen MR) is 120 cm³/mol. The molecule has 0 radical (unpaired) electrons. The minimum Gasteiger partial charge on any atom is -0.496 e. The molecule has 0 saturated heterocycles. The summed E-state index contributed by atoms with van der Waals surface area (Å²) in [6.07, 6.45) is 0.843. The number of aliphatic imine (C=N–C) groups is 1. The number of rotatable bonds is 7. The van der Waals surface area contributed by atoms with E-state index in [1.807, 2.05) is 42.8 Å². The zero-order valence-corrected chi connectivity index (χ0v) is 19.0. The molecule has 2 rings (SSSR count). The van der Waals surface area contributed by atoms with E-state index in [4.69, 9.17) is 27.9 Å².